The molecule has 9 heavy (non-hydrogen) atoms. The van der Waals surface area contributed by atoms with E-state index in [9.17, 15) is 0 Å². The van der Waals surface area contributed by atoms with Crippen molar-refractivity contribution in [2.75, 3.05) is 25.7 Å². The zero-order valence-electron chi connectivity index (χ0n) is 5.09. The second-order valence-corrected chi connectivity index (χ2v) is 1.87. The summed E-state index contributed by atoms with van der Waals surface area (Å²) in [5, 5.41) is 15.2. The fraction of sp³-hybridized carbons (Fsp3) is 1.00. The number of halogens is 1. The van der Waals surface area contributed by atoms with Gasteiger partial charge in [-0.1, -0.05) is 0 Å². The Balaban J connectivity index is 0.000000148. The van der Waals surface area contributed by atoms with E-state index in [1.807, 2.05) is 0 Å². The molecule has 1 atom stereocenters. The average molecular weight is 155 g/mol. The van der Waals surface area contributed by atoms with Crippen molar-refractivity contribution in [3.8, 4) is 0 Å². The number of hydrogen-bond donors (Lipinski definition) is 2. The number of aliphatic hydroxyl groups excluding tert-OH is 2. The van der Waals surface area contributed by atoms with Gasteiger partial charge in [0.1, 0.15) is 0 Å². The third-order valence-corrected chi connectivity index (χ3v) is 1.02. The molecular formula is C5H11ClO3. The van der Waals surface area contributed by atoms with Crippen molar-refractivity contribution in [3.63, 3.8) is 0 Å². The minimum absolute atomic E-state index is 0.125. The van der Waals surface area contributed by atoms with Crippen LogP contribution in [-0.2, 0) is 4.74 Å². The van der Waals surface area contributed by atoms with E-state index >= 15 is 0 Å². The highest BCUT2D eigenvalue weighted by molar-refractivity contribution is 6.18. The van der Waals surface area contributed by atoms with Crippen molar-refractivity contribution in [2.45, 2.75) is 6.10 Å². The quantitative estimate of drug-likeness (QED) is 0.420. The van der Waals surface area contributed by atoms with Gasteiger partial charge in [-0.15, -0.1) is 11.6 Å². The standard InChI is InChI=1S/C3H5ClO.C2H6O2/c4-1-3-2-5-3;3-1-2-4/h3H,1-2H2;3-4H,1-2H2. The predicted molar refractivity (Wildman–Crippen MR) is 34.6 cm³/mol. The highest BCUT2D eigenvalue weighted by Gasteiger charge is 2.19. The van der Waals surface area contributed by atoms with Crippen molar-refractivity contribution in [1.29, 1.82) is 0 Å². The van der Waals surface area contributed by atoms with Gasteiger partial charge in [0.2, 0.25) is 0 Å². The molecule has 0 aliphatic carbocycles. The first-order chi connectivity index (χ1) is 4.35. The van der Waals surface area contributed by atoms with Gasteiger partial charge in [0, 0.05) is 0 Å². The first-order valence-electron chi connectivity index (χ1n) is 2.74. The zero-order chi connectivity index (χ0) is 7.11. The lowest BCUT2D eigenvalue weighted by molar-refractivity contribution is 0.186. The van der Waals surface area contributed by atoms with Gasteiger partial charge in [0.15, 0.2) is 0 Å². The largest absolute Gasteiger partial charge is 0.394 e. The Labute approximate surface area is 59.2 Å². The third-order valence-electron chi connectivity index (χ3n) is 0.674. The van der Waals surface area contributed by atoms with E-state index in [1.54, 1.807) is 0 Å². The number of aliphatic hydroxyl groups is 2. The van der Waals surface area contributed by atoms with E-state index in [2.05, 4.69) is 0 Å². The number of rotatable bonds is 2. The molecule has 0 aromatic rings. The molecule has 0 bridgehead atoms. The van der Waals surface area contributed by atoms with Crippen molar-refractivity contribution >= 4 is 11.6 Å². The van der Waals surface area contributed by atoms with Crippen LogP contribution in [0.4, 0.5) is 0 Å². The molecule has 1 saturated heterocycles. The monoisotopic (exact) mass is 154 g/mol. The Morgan fingerprint density at radius 2 is 1.89 bits per heavy atom. The molecule has 1 unspecified atom stereocenters. The molecular weight excluding hydrogens is 144 g/mol. The lowest BCUT2D eigenvalue weighted by Crippen LogP contribution is -1.85. The smallest absolute Gasteiger partial charge is 0.0944 e. The molecule has 0 spiro atoms. The van der Waals surface area contributed by atoms with Crippen LogP contribution in [0.2, 0.25) is 0 Å². The number of epoxide rings is 1. The summed E-state index contributed by atoms with van der Waals surface area (Å²) in [5.41, 5.74) is 0. The maximum Gasteiger partial charge on any atom is 0.0944 e. The first-order valence-corrected chi connectivity index (χ1v) is 3.28. The van der Waals surface area contributed by atoms with E-state index in [1.165, 1.54) is 0 Å². The second-order valence-electron chi connectivity index (χ2n) is 1.56. The Bertz CT molecular complexity index is 54.2. The minimum Gasteiger partial charge on any atom is -0.394 e. The first kappa shape index (κ1) is 9.17. The van der Waals surface area contributed by atoms with Crippen LogP contribution in [0.25, 0.3) is 0 Å². The topological polar surface area (TPSA) is 53.0 Å². The molecule has 1 rings (SSSR count). The lowest BCUT2D eigenvalue weighted by Gasteiger charge is -1.70. The molecule has 2 N–H and O–H groups in total. The van der Waals surface area contributed by atoms with Crippen LogP contribution < -0.4 is 0 Å². The van der Waals surface area contributed by atoms with E-state index in [0.717, 1.165) is 6.61 Å². The van der Waals surface area contributed by atoms with Crippen LogP contribution >= 0.6 is 11.6 Å². The van der Waals surface area contributed by atoms with Crippen LogP contribution in [0, 0.1) is 0 Å². The highest BCUT2D eigenvalue weighted by Crippen LogP contribution is 2.08. The maximum atomic E-state index is 7.62. The van der Waals surface area contributed by atoms with Gasteiger partial charge >= 0.3 is 0 Å². The lowest BCUT2D eigenvalue weighted by atomic mass is 10.6. The molecule has 4 heteroatoms. The molecule has 0 aromatic heterocycles. The fourth-order valence-corrected chi connectivity index (χ4v) is 0.335. The van der Waals surface area contributed by atoms with Gasteiger partial charge in [-0.25, -0.2) is 0 Å². The van der Waals surface area contributed by atoms with Gasteiger partial charge in [-0.3, -0.25) is 0 Å². The molecule has 1 heterocycles. The summed E-state index contributed by atoms with van der Waals surface area (Å²) < 4.78 is 4.73. The molecule has 1 aliphatic heterocycles. The Hall–Kier alpha value is 0.170. The molecule has 3 nitrogen and oxygen atoms in total. The van der Waals surface area contributed by atoms with E-state index in [-0.39, 0.29) is 13.2 Å². The Kier molecular flexibility index (Phi) is 6.41. The Morgan fingerprint density at radius 1 is 1.44 bits per heavy atom. The van der Waals surface area contributed by atoms with Crippen LogP contribution in [0.1, 0.15) is 0 Å². The van der Waals surface area contributed by atoms with Crippen LogP contribution in [0.5, 0.6) is 0 Å². The second kappa shape index (κ2) is 6.29. The van der Waals surface area contributed by atoms with Crippen LogP contribution in [0.15, 0.2) is 0 Å². The van der Waals surface area contributed by atoms with Gasteiger partial charge < -0.3 is 14.9 Å². The summed E-state index contributed by atoms with van der Waals surface area (Å²) in [6.07, 6.45) is 0.400. The maximum absolute atomic E-state index is 7.62. The summed E-state index contributed by atoms with van der Waals surface area (Å²) in [5.74, 6) is 0.667. The van der Waals surface area contributed by atoms with Crippen molar-refractivity contribution in [1.82, 2.24) is 0 Å². The molecule has 0 amide bonds. The molecule has 0 saturated carbocycles. The fourth-order valence-electron chi connectivity index (χ4n) is 0.157. The summed E-state index contributed by atoms with van der Waals surface area (Å²) in [6, 6.07) is 0. The third kappa shape index (κ3) is 8.17. The minimum atomic E-state index is -0.125. The van der Waals surface area contributed by atoms with Crippen LogP contribution in [-0.4, -0.2) is 42.0 Å². The normalized spacial score (nSPS) is 22.3. The van der Waals surface area contributed by atoms with Crippen molar-refractivity contribution in [3.05, 3.63) is 0 Å². The van der Waals surface area contributed by atoms with Gasteiger partial charge in [-0.05, 0) is 0 Å². The summed E-state index contributed by atoms with van der Waals surface area (Å²) in [6.45, 7) is 0.628. The molecule has 1 fully saturated rings. The van der Waals surface area contributed by atoms with Crippen molar-refractivity contribution < 1.29 is 14.9 Å². The van der Waals surface area contributed by atoms with Crippen LogP contribution in [0.3, 0.4) is 0 Å². The predicted octanol–water partition coefficient (Wildman–Crippen LogP) is -0.405. The van der Waals surface area contributed by atoms with E-state index in [0.29, 0.717) is 12.0 Å². The number of alkyl halides is 1. The van der Waals surface area contributed by atoms with Gasteiger partial charge in [-0.2, -0.15) is 0 Å². The highest BCUT2D eigenvalue weighted by atomic mass is 35.5. The number of hydrogen-bond acceptors (Lipinski definition) is 3. The summed E-state index contributed by atoms with van der Waals surface area (Å²) in [4.78, 5) is 0. The number of ether oxygens (including phenoxy) is 1. The Morgan fingerprint density at radius 3 is 1.89 bits per heavy atom. The SMILES string of the molecule is ClCC1CO1.OCCO. The van der Waals surface area contributed by atoms with Crippen molar-refractivity contribution in [2.24, 2.45) is 0 Å². The van der Waals surface area contributed by atoms with Gasteiger partial charge in [0.25, 0.3) is 0 Å². The zero-order valence-corrected chi connectivity index (χ0v) is 5.84. The average Bonchev–Trinajstić information content (AvgIpc) is 2.70. The molecule has 0 aromatic carbocycles. The molecule has 1 aliphatic rings. The van der Waals surface area contributed by atoms with E-state index < -0.39 is 0 Å². The van der Waals surface area contributed by atoms with E-state index in [4.69, 9.17) is 26.6 Å². The molecule has 56 valence electrons. The summed E-state index contributed by atoms with van der Waals surface area (Å²) >= 11 is 5.27. The van der Waals surface area contributed by atoms with Gasteiger partial charge in [0.05, 0.1) is 31.8 Å². The molecule has 0 radical (unpaired) electrons. The summed E-state index contributed by atoms with van der Waals surface area (Å²) in [7, 11) is 0.